The molecule has 1 heterocycles. The maximum Gasteiger partial charge on any atom is 0.305 e. The van der Waals surface area contributed by atoms with Crippen molar-refractivity contribution in [1.29, 1.82) is 0 Å². The summed E-state index contributed by atoms with van der Waals surface area (Å²) >= 11 is 0. The van der Waals surface area contributed by atoms with Crippen molar-refractivity contribution >= 4 is 17.8 Å². The van der Waals surface area contributed by atoms with E-state index in [4.69, 9.17) is 4.74 Å². The molecule has 4 rings (SSSR count). The summed E-state index contributed by atoms with van der Waals surface area (Å²) in [6, 6.07) is 23.7. The van der Waals surface area contributed by atoms with Crippen LogP contribution in [0.1, 0.15) is 36.0 Å². The van der Waals surface area contributed by atoms with Crippen molar-refractivity contribution < 1.29 is 23.9 Å². The van der Waals surface area contributed by atoms with Crippen LogP contribution in [0.2, 0.25) is 0 Å². The van der Waals surface area contributed by atoms with Crippen molar-refractivity contribution in [2.24, 2.45) is 0 Å². The minimum Gasteiger partial charge on any atom is -0.489 e. The highest BCUT2D eigenvalue weighted by Crippen LogP contribution is 2.24. The molecule has 3 aromatic carbocycles. The lowest BCUT2D eigenvalue weighted by atomic mass is 10.0. The molecule has 6 nitrogen and oxygen atoms in total. The number of imide groups is 1. The number of carbonyl (C=O) groups is 3. The Morgan fingerprint density at radius 3 is 2.09 bits per heavy atom. The number of benzene rings is 3. The molecule has 1 aliphatic rings. The quantitative estimate of drug-likeness (QED) is 0.344. The molecule has 0 saturated carbocycles. The zero-order valence-corrected chi connectivity index (χ0v) is 19.2. The topological polar surface area (TPSA) is 72.9 Å². The van der Waals surface area contributed by atoms with Crippen molar-refractivity contribution in [2.75, 3.05) is 7.11 Å². The van der Waals surface area contributed by atoms with Gasteiger partial charge in [0.15, 0.2) is 0 Å². The van der Waals surface area contributed by atoms with Crippen LogP contribution in [0.3, 0.4) is 0 Å². The molecule has 0 unspecified atom stereocenters. The first-order valence-corrected chi connectivity index (χ1v) is 11.3. The fraction of sp³-hybridized carbons (Fsp3) is 0.250. The van der Waals surface area contributed by atoms with E-state index in [9.17, 15) is 14.4 Å². The first-order chi connectivity index (χ1) is 16.5. The average Bonchev–Trinajstić information content (AvgIpc) is 3.19. The zero-order valence-electron chi connectivity index (χ0n) is 19.2. The third-order valence-electron chi connectivity index (χ3n) is 5.86. The van der Waals surface area contributed by atoms with Gasteiger partial charge in [0.2, 0.25) is 11.8 Å². The molecule has 0 bridgehead atoms. The molecule has 174 valence electrons. The van der Waals surface area contributed by atoms with Gasteiger partial charge in [-0.15, -0.1) is 0 Å². The van der Waals surface area contributed by atoms with Crippen molar-refractivity contribution in [1.82, 2.24) is 4.90 Å². The molecule has 6 heteroatoms. The van der Waals surface area contributed by atoms with Crippen molar-refractivity contribution in [3.05, 3.63) is 89.5 Å². The second kappa shape index (κ2) is 10.8. The van der Waals surface area contributed by atoms with Gasteiger partial charge in [-0.05, 0) is 58.5 Å². The van der Waals surface area contributed by atoms with Crippen LogP contribution in [0, 0.1) is 0 Å². The highest BCUT2D eigenvalue weighted by Gasteiger charge is 2.28. The van der Waals surface area contributed by atoms with Crippen LogP contribution in [-0.2, 0) is 38.7 Å². The molecule has 0 aliphatic carbocycles. The zero-order chi connectivity index (χ0) is 23.9. The highest BCUT2D eigenvalue weighted by molar-refractivity contribution is 6.01. The SMILES string of the molecule is COC(=O)CCc1ccc(OCc2cccc(-c3cccc(CN4C(=O)CCC4=O)c3)c2)cc1. The third kappa shape index (κ3) is 5.90. The van der Waals surface area contributed by atoms with E-state index in [1.807, 2.05) is 66.7 Å². The van der Waals surface area contributed by atoms with Crippen LogP contribution in [0.5, 0.6) is 5.75 Å². The smallest absolute Gasteiger partial charge is 0.305 e. The molecule has 2 amide bonds. The van der Waals surface area contributed by atoms with E-state index >= 15 is 0 Å². The van der Waals surface area contributed by atoms with E-state index in [1.165, 1.54) is 12.0 Å². The van der Waals surface area contributed by atoms with Gasteiger partial charge in [-0.1, -0.05) is 48.5 Å². The molecule has 0 N–H and O–H groups in total. The van der Waals surface area contributed by atoms with E-state index in [0.717, 1.165) is 33.6 Å². The molecule has 1 saturated heterocycles. The number of amides is 2. The summed E-state index contributed by atoms with van der Waals surface area (Å²) in [6.45, 7) is 0.732. The van der Waals surface area contributed by atoms with Gasteiger partial charge in [0.25, 0.3) is 0 Å². The summed E-state index contributed by atoms with van der Waals surface area (Å²) in [7, 11) is 1.39. The Labute approximate surface area is 199 Å². The Balaban J connectivity index is 1.38. The number of esters is 1. The van der Waals surface area contributed by atoms with Crippen molar-refractivity contribution in [3.63, 3.8) is 0 Å². The van der Waals surface area contributed by atoms with Crippen LogP contribution in [0.4, 0.5) is 0 Å². The molecule has 3 aromatic rings. The Kier molecular flexibility index (Phi) is 7.38. The first kappa shape index (κ1) is 23.2. The minimum absolute atomic E-state index is 0.106. The molecular formula is C28H27NO5. The summed E-state index contributed by atoms with van der Waals surface area (Å²) < 4.78 is 10.6. The number of aryl methyl sites for hydroxylation is 1. The lowest BCUT2D eigenvalue weighted by molar-refractivity contribution is -0.141. The predicted molar refractivity (Wildman–Crippen MR) is 128 cm³/mol. The number of likely N-dealkylation sites (tertiary alicyclic amines) is 1. The molecule has 34 heavy (non-hydrogen) atoms. The molecule has 0 atom stereocenters. The summed E-state index contributed by atoms with van der Waals surface area (Å²) in [5, 5.41) is 0. The van der Waals surface area contributed by atoms with Gasteiger partial charge in [-0.3, -0.25) is 19.3 Å². The number of methoxy groups -OCH3 is 1. The first-order valence-electron chi connectivity index (χ1n) is 11.3. The summed E-state index contributed by atoms with van der Waals surface area (Å²) in [4.78, 5) is 36.5. The van der Waals surface area contributed by atoms with Crippen LogP contribution < -0.4 is 4.74 Å². The second-order valence-electron chi connectivity index (χ2n) is 8.28. The van der Waals surface area contributed by atoms with Gasteiger partial charge in [-0.2, -0.15) is 0 Å². The lowest BCUT2D eigenvalue weighted by Crippen LogP contribution is -2.28. The van der Waals surface area contributed by atoms with Crippen LogP contribution in [0.25, 0.3) is 11.1 Å². The van der Waals surface area contributed by atoms with E-state index in [-0.39, 0.29) is 17.8 Å². The molecule has 1 aliphatic heterocycles. The Bertz CT molecular complexity index is 1170. The minimum atomic E-state index is -0.219. The fourth-order valence-electron chi connectivity index (χ4n) is 3.94. The number of hydrogen-bond acceptors (Lipinski definition) is 5. The Hall–Kier alpha value is -3.93. The molecule has 0 spiro atoms. The van der Waals surface area contributed by atoms with E-state index < -0.39 is 0 Å². The number of ether oxygens (including phenoxy) is 2. The number of rotatable bonds is 9. The Morgan fingerprint density at radius 1 is 0.824 bits per heavy atom. The van der Waals surface area contributed by atoms with E-state index in [2.05, 4.69) is 10.8 Å². The Morgan fingerprint density at radius 2 is 1.44 bits per heavy atom. The van der Waals surface area contributed by atoms with Crippen molar-refractivity contribution in [2.45, 2.75) is 38.8 Å². The number of hydrogen-bond donors (Lipinski definition) is 0. The molecule has 0 radical (unpaired) electrons. The van der Waals surface area contributed by atoms with Gasteiger partial charge >= 0.3 is 5.97 Å². The normalized spacial score (nSPS) is 13.3. The number of carbonyl (C=O) groups excluding carboxylic acids is 3. The van der Waals surface area contributed by atoms with E-state index in [1.54, 1.807) is 0 Å². The maximum absolute atomic E-state index is 11.9. The third-order valence-corrected chi connectivity index (χ3v) is 5.86. The lowest BCUT2D eigenvalue weighted by Gasteiger charge is -2.15. The number of nitrogens with zero attached hydrogens (tertiary/aromatic N) is 1. The standard InChI is InChI=1S/C28H27NO5/c1-33-28(32)15-10-20-8-11-25(12-9-20)34-19-22-5-3-7-24(17-22)23-6-2-4-21(16-23)18-29-26(30)13-14-27(29)31/h2-9,11-12,16-17H,10,13-15,18-19H2,1H3. The highest BCUT2D eigenvalue weighted by atomic mass is 16.5. The largest absolute Gasteiger partial charge is 0.489 e. The fourth-order valence-corrected chi connectivity index (χ4v) is 3.94. The summed E-state index contributed by atoms with van der Waals surface area (Å²) in [6.07, 6.45) is 1.59. The van der Waals surface area contributed by atoms with Crippen LogP contribution in [-0.4, -0.2) is 29.8 Å². The van der Waals surface area contributed by atoms with E-state index in [0.29, 0.717) is 38.8 Å². The van der Waals surface area contributed by atoms with Gasteiger partial charge < -0.3 is 9.47 Å². The maximum atomic E-state index is 11.9. The molecular weight excluding hydrogens is 430 g/mol. The molecule has 1 fully saturated rings. The monoisotopic (exact) mass is 457 g/mol. The average molecular weight is 458 g/mol. The van der Waals surface area contributed by atoms with Gasteiger partial charge in [-0.25, -0.2) is 0 Å². The van der Waals surface area contributed by atoms with Gasteiger partial charge in [0.1, 0.15) is 12.4 Å². The van der Waals surface area contributed by atoms with Crippen LogP contribution in [0.15, 0.2) is 72.8 Å². The van der Waals surface area contributed by atoms with Crippen molar-refractivity contribution in [3.8, 4) is 16.9 Å². The summed E-state index contributed by atoms with van der Waals surface area (Å²) in [5.41, 5.74) is 5.07. The predicted octanol–water partition coefficient (Wildman–Crippen LogP) is 4.69. The summed E-state index contributed by atoms with van der Waals surface area (Å²) in [5.74, 6) is 0.329. The van der Waals surface area contributed by atoms with Gasteiger partial charge in [0, 0.05) is 19.3 Å². The van der Waals surface area contributed by atoms with Gasteiger partial charge in [0.05, 0.1) is 13.7 Å². The second-order valence-corrected chi connectivity index (χ2v) is 8.28. The van der Waals surface area contributed by atoms with Crippen LogP contribution >= 0.6 is 0 Å². The molecule has 0 aromatic heterocycles.